The van der Waals surface area contributed by atoms with Crippen LogP contribution in [0.1, 0.15) is 39.0 Å². The number of likely N-dealkylation sites (tertiary alicyclic amines) is 1. The van der Waals surface area contributed by atoms with E-state index in [0.717, 1.165) is 25.9 Å². The number of hydrogen-bond donors (Lipinski definition) is 0. The Labute approximate surface area is 81.5 Å². The number of unbranched alkanes of at least 4 members (excludes halogenated alkanes) is 2. The zero-order chi connectivity index (χ0) is 9.52. The average Bonchev–Trinajstić information content (AvgIpc) is 2.19. The van der Waals surface area contributed by atoms with Crippen LogP contribution in [0.2, 0.25) is 0 Å². The molecule has 1 heterocycles. The van der Waals surface area contributed by atoms with Crippen molar-refractivity contribution in [1.82, 2.24) is 4.90 Å². The van der Waals surface area contributed by atoms with Gasteiger partial charge in [-0.3, -0.25) is 0 Å². The van der Waals surface area contributed by atoms with Crippen LogP contribution < -0.4 is 0 Å². The second kappa shape index (κ2) is 5.99. The van der Waals surface area contributed by atoms with Crippen LogP contribution in [0, 0.1) is 17.2 Å². The summed E-state index contributed by atoms with van der Waals surface area (Å²) in [6, 6.07) is 2.37. The van der Waals surface area contributed by atoms with E-state index in [4.69, 9.17) is 5.26 Å². The SMILES string of the molecule is CCCCCN1CCC(C#N)CC1. The quantitative estimate of drug-likeness (QED) is 0.621. The molecule has 74 valence electrons. The maximum atomic E-state index is 8.72. The average molecular weight is 180 g/mol. The van der Waals surface area contributed by atoms with Gasteiger partial charge < -0.3 is 4.90 Å². The van der Waals surface area contributed by atoms with E-state index in [2.05, 4.69) is 17.9 Å². The van der Waals surface area contributed by atoms with Crippen molar-refractivity contribution in [3.8, 4) is 6.07 Å². The van der Waals surface area contributed by atoms with Crippen LogP contribution in [0.3, 0.4) is 0 Å². The van der Waals surface area contributed by atoms with Crippen LogP contribution in [0.4, 0.5) is 0 Å². The summed E-state index contributed by atoms with van der Waals surface area (Å²) in [4.78, 5) is 2.50. The lowest BCUT2D eigenvalue weighted by Crippen LogP contribution is -2.33. The highest BCUT2D eigenvalue weighted by Crippen LogP contribution is 2.16. The van der Waals surface area contributed by atoms with Crippen LogP contribution in [-0.4, -0.2) is 24.5 Å². The molecule has 0 radical (unpaired) electrons. The highest BCUT2D eigenvalue weighted by Gasteiger charge is 2.17. The predicted molar refractivity (Wildman–Crippen MR) is 54.3 cm³/mol. The van der Waals surface area contributed by atoms with Crippen LogP contribution >= 0.6 is 0 Å². The summed E-state index contributed by atoms with van der Waals surface area (Å²) in [5.41, 5.74) is 0. The second-order valence-corrected chi connectivity index (χ2v) is 3.95. The molecule has 13 heavy (non-hydrogen) atoms. The molecule has 1 aliphatic heterocycles. The smallest absolute Gasteiger partial charge is 0.0656 e. The van der Waals surface area contributed by atoms with Gasteiger partial charge in [-0.25, -0.2) is 0 Å². The lowest BCUT2D eigenvalue weighted by molar-refractivity contribution is 0.202. The van der Waals surface area contributed by atoms with Gasteiger partial charge in [0.1, 0.15) is 0 Å². The van der Waals surface area contributed by atoms with E-state index in [-0.39, 0.29) is 0 Å². The van der Waals surface area contributed by atoms with Crippen LogP contribution in [-0.2, 0) is 0 Å². The first-order valence-corrected chi connectivity index (χ1v) is 5.48. The van der Waals surface area contributed by atoms with Gasteiger partial charge in [0.25, 0.3) is 0 Å². The zero-order valence-corrected chi connectivity index (χ0v) is 8.63. The van der Waals surface area contributed by atoms with Crippen molar-refractivity contribution in [3.63, 3.8) is 0 Å². The molecule has 0 spiro atoms. The van der Waals surface area contributed by atoms with E-state index in [1.54, 1.807) is 0 Å². The fourth-order valence-corrected chi connectivity index (χ4v) is 1.87. The summed E-state index contributed by atoms with van der Waals surface area (Å²) in [5.74, 6) is 0.336. The Morgan fingerprint density at radius 1 is 1.31 bits per heavy atom. The molecular formula is C11H20N2. The maximum Gasteiger partial charge on any atom is 0.0656 e. The topological polar surface area (TPSA) is 27.0 Å². The van der Waals surface area contributed by atoms with Crippen molar-refractivity contribution in [2.75, 3.05) is 19.6 Å². The minimum Gasteiger partial charge on any atom is -0.303 e. The van der Waals surface area contributed by atoms with Gasteiger partial charge in [-0.05, 0) is 38.9 Å². The monoisotopic (exact) mass is 180 g/mol. The van der Waals surface area contributed by atoms with Gasteiger partial charge in [-0.1, -0.05) is 19.8 Å². The lowest BCUT2D eigenvalue weighted by atomic mass is 9.98. The van der Waals surface area contributed by atoms with E-state index < -0.39 is 0 Å². The van der Waals surface area contributed by atoms with E-state index in [1.165, 1.54) is 25.8 Å². The number of piperidine rings is 1. The third-order valence-electron chi connectivity index (χ3n) is 2.85. The molecule has 0 unspecified atom stereocenters. The molecule has 1 rings (SSSR count). The second-order valence-electron chi connectivity index (χ2n) is 3.95. The Morgan fingerprint density at radius 3 is 2.54 bits per heavy atom. The van der Waals surface area contributed by atoms with E-state index in [1.807, 2.05) is 0 Å². The van der Waals surface area contributed by atoms with Crippen LogP contribution in [0.15, 0.2) is 0 Å². The first kappa shape index (κ1) is 10.5. The third kappa shape index (κ3) is 3.78. The zero-order valence-electron chi connectivity index (χ0n) is 8.63. The van der Waals surface area contributed by atoms with Gasteiger partial charge in [0, 0.05) is 5.92 Å². The molecule has 2 nitrogen and oxygen atoms in total. The van der Waals surface area contributed by atoms with Crippen LogP contribution in [0.25, 0.3) is 0 Å². The Hall–Kier alpha value is -0.550. The Bertz CT molecular complexity index is 163. The Kier molecular flexibility index (Phi) is 4.85. The number of nitrogens with zero attached hydrogens (tertiary/aromatic N) is 2. The molecule has 1 fully saturated rings. The molecule has 0 aliphatic carbocycles. The summed E-state index contributed by atoms with van der Waals surface area (Å²) in [6.07, 6.45) is 6.14. The summed E-state index contributed by atoms with van der Waals surface area (Å²) in [7, 11) is 0. The van der Waals surface area contributed by atoms with Gasteiger partial charge in [-0.15, -0.1) is 0 Å². The van der Waals surface area contributed by atoms with E-state index >= 15 is 0 Å². The molecule has 0 atom stereocenters. The van der Waals surface area contributed by atoms with Gasteiger partial charge in [0.2, 0.25) is 0 Å². The molecule has 0 N–H and O–H groups in total. The first-order valence-electron chi connectivity index (χ1n) is 5.48. The highest BCUT2D eigenvalue weighted by molar-refractivity contribution is 4.87. The maximum absolute atomic E-state index is 8.72. The van der Waals surface area contributed by atoms with Crippen molar-refractivity contribution in [3.05, 3.63) is 0 Å². The summed E-state index contributed by atoms with van der Waals surface area (Å²) in [5, 5.41) is 8.72. The third-order valence-corrected chi connectivity index (χ3v) is 2.85. The van der Waals surface area contributed by atoms with Gasteiger partial charge >= 0.3 is 0 Å². The predicted octanol–water partition coefficient (Wildman–Crippen LogP) is 2.41. The summed E-state index contributed by atoms with van der Waals surface area (Å²) in [6.45, 7) is 5.76. The number of hydrogen-bond acceptors (Lipinski definition) is 2. The molecule has 1 aliphatic rings. The number of rotatable bonds is 4. The minimum atomic E-state index is 0.336. The van der Waals surface area contributed by atoms with E-state index in [0.29, 0.717) is 5.92 Å². The van der Waals surface area contributed by atoms with Gasteiger partial charge in [-0.2, -0.15) is 5.26 Å². The highest BCUT2D eigenvalue weighted by atomic mass is 15.1. The molecule has 2 heteroatoms. The molecule has 0 aromatic rings. The van der Waals surface area contributed by atoms with Crippen molar-refractivity contribution in [1.29, 1.82) is 5.26 Å². The molecule has 0 aromatic carbocycles. The number of nitriles is 1. The van der Waals surface area contributed by atoms with E-state index in [9.17, 15) is 0 Å². The van der Waals surface area contributed by atoms with Gasteiger partial charge in [0.05, 0.1) is 6.07 Å². The molecule has 0 aromatic heterocycles. The minimum absolute atomic E-state index is 0.336. The van der Waals surface area contributed by atoms with Crippen LogP contribution in [0.5, 0.6) is 0 Å². The normalized spacial score (nSPS) is 20.0. The largest absolute Gasteiger partial charge is 0.303 e. The van der Waals surface area contributed by atoms with Crippen molar-refractivity contribution >= 4 is 0 Å². The molecular weight excluding hydrogens is 160 g/mol. The molecule has 0 saturated carbocycles. The van der Waals surface area contributed by atoms with Crippen molar-refractivity contribution in [2.24, 2.45) is 5.92 Å². The van der Waals surface area contributed by atoms with Crippen molar-refractivity contribution < 1.29 is 0 Å². The lowest BCUT2D eigenvalue weighted by Gasteiger charge is -2.28. The Balaban J connectivity index is 2.08. The summed E-state index contributed by atoms with van der Waals surface area (Å²) < 4.78 is 0. The first-order chi connectivity index (χ1) is 6.36. The standard InChI is InChI=1S/C11H20N2/c1-2-3-4-7-13-8-5-11(10-12)6-9-13/h11H,2-9H2,1H3. The molecule has 0 amide bonds. The Morgan fingerprint density at radius 2 is 2.00 bits per heavy atom. The van der Waals surface area contributed by atoms with Gasteiger partial charge in [0.15, 0.2) is 0 Å². The molecule has 1 saturated heterocycles. The molecule has 0 bridgehead atoms. The van der Waals surface area contributed by atoms with Crippen molar-refractivity contribution in [2.45, 2.75) is 39.0 Å². The fraction of sp³-hybridized carbons (Fsp3) is 0.909. The summed E-state index contributed by atoms with van der Waals surface area (Å²) >= 11 is 0. The fourth-order valence-electron chi connectivity index (χ4n) is 1.87.